The summed E-state index contributed by atoms with van der Waals surface area (Å²) in [5, 5.41) is 3.29. The zero-order valence-electron chi connectivity index (χ0n) is 12.2. The zero-order valence-corrected chi connectivity index (χ0v) is 12.2. The first-order chi connectivity index (χ1) is 9.19. The van der Waals surface area contributed by atoms with Crippen LogP contribution in [-0.2, 0) is 11.3 Å². The third kappa shape index (κ3) is 3.38. The predicted octanol–water partition coefficient (Wildman–Crippen LogP) is 2.17. The van der Waals surface area contributed by atoms with Gasteiger partial charge in [-0.2, -0.15) is 0 Å². The second-order valence-corrected chi connectivity index (χ2v) is 5.28. The van der Waals surface area contributed by atoms with Gasteiger partial charge in [0.15, 0.2) is 0 Å². The Morgan fingerprint density at radius 3 is 2.79 bits per heavy atom. The maximum Gasteiger partial charge on any atom is 0.242 e. The van der Waals surface area contributed by atoms with Crippen molar-refractivity contribution in [3.05, 3.63) is 24.0 Å². The van der Waals surface area contributed by atoms with Crippen LogP contribution < -0.4 is 5.32 Å². The van der Waals surface area contributed by atoms with Crippen LogP contribution in [0, 0.1) is 0 Å². The van der Waals surface area contributed by atoms with E-state index in [1.807, 2.05) is 22.7 Å². The Labute approximate surface area is 115 Å². The van der Waals surface area contributed by atoms with Crippen molar-refractivity contribution >= 4 is 5.91 Å². The van der Waals surface area contributed by atoms with E-state index in [2.05, 4.69) is 31.4 Å². The first-order valence-electron chi connectivity index (χ1n) is 7.32. The molecule has 1 fully saturated rings. The summed E-state index contributed by atoms with van der Waals surface area (Å²) in [7, 11) is 1.97. The van der Waals surface area contributed by atoms with Gasteiger partial charge in [0.05, 0.1) is 0 Å². The smallest absolute Gasteiger partial charge is 0.242 e. The van der Waals surface area contributed by atoms with Crippen molar-refractivity contribution in [3.8, 4) is 0 Å². The molecule has 1 aliphatic carbocycles. The number of carbonyl (C=O) groups excluding carboxylic acids is 1. The lowest BCUT2D eigenvalue weighted by atomic mass is 10.1. The van der Waals surface area contributed by atoms with E-state index in [1.165, 1.54) is 18.4 Å². The van der Waals surface area contributed by atoms with Crippen LogP contribution in [-0.4, -0.2) is 35.0 Å². The van der Waals surface area contributed by atoms with Gasteiger partial charge in [0.1, 0.15) is 6.54 Å². The van der Waals surface area contributed by atoms with E-state index in [0.717, 1.165) is 13.0 Å². The molecule has 19 heavy (non-hydrogen) atoms. The molecule has 2 rings (SSSR count). The van der Waals surface area contributed by atoms with Gasteiger partial charge in [0, 0.05) is 31.0 Å². The van der Waals surface area contributed by atoms with Crippen LogP contribution in [0.15, 0.2) is 18.5 Å². The molecule has 0 aliphatic heterocycles. The second-order valence-electron chi connectivity index (χ2n) is 5.28. The lowest BCUT2D eigenvalue weighted by molar-refractivity contribution is -0.132. The normalized spacial score (nSPS) is 16.4. The number of likely N-dealkylation sites (N-methyl/N-ethyl adjacent to an activating group) is 1. The Kier molecular flexibility index (Phi) is 4.64. The van der Waals surface area contributed by atoms with Crippen LogP contribution in [0.1, 0.15) is 44.7 Å². The van der Waals surface area contributed by atoms with Gasteiger partial charge in [-0.3, -0.25) is 4.79 Å². The summed E-state index contributed by atoms with van der Waals surface area (Å²) in [6, 6.07) is 2.99. The van der Waals surface area contributed by atoms with Gasteiger partial charge in [0.2, 0.25) is 5.91 Å². The van der Waals surface area contributed by atoms with E-state index in [0.29, 0.717) is 18.6 Å². The molecule has 0 bridgehead atoms. The number of amides is 1. The average molecular weight is 263 g/mol. The molecular formula is C15H25N3O. The molecule has 106 valence electrons. The number of nitrogens with one attached hydrogen (secondary N) is 1. The Bertz CT molecular complexity index is 419. The highest BCUT2D eigenvalue weighted by Crippen LogP contribution is 2.26. The van der Waals surface area contributed by atoms with Crippen LogP contribution in [0.3, 0.4) is 0 Å². The van der Waals surface area contributed by atoms with E-state index in [1.54, 1.807) is 0 Å². The highest BCUT2D eigenvalue weighted by atomic mass is 16.2. The van der Waals surface area contributed by atoms with Gasteiger partial charge in [-0.1, -0.05) is 6.92 Å². The van der Waals surface area contributed by atoms with Crippen molar-refractivity contribution in [2.45, 2.75) is 51.7 Å². The molecule has 0 radical (unpaired) electrons. The molecule has 1 aliphatic rings. The number of aromatic nitrogens is 1. The quantitative estimate of drug-likeness (QED) is 0.818. The van der Waals surface area contributed by atoms with Crippen LogP contribution in [0.4, 0.5) is 0 Å². The summed E-state index contributed by atoms with van der Waals surface area (Å²) in [4.78, 5) is 14.2. The maximum absolute atomic E-state index is 12.2. The minimum Gasteiger partial charge on any atom is -0.345 e. The summed E-state index contributed by atoms with van der Waals surface area (Å²) in [5.41, 5.74) is 1.26. The second kappa shape index (κ2) is 6.24. The van der Waals surface area contributed by atoms with Gasteiger partial charge < -0.3 is 14.8 Å². The molecule has 1 N–H and O–H groups in total. The molecule has 1 aromatic rings. The van der Waals surface area contributed by atoms with Crippen molar-refractivity contribution < 1.29 is 4.79 Å². The molecule has 0 aromatic carbocycles. The summed E-state index contributed by atoms with van der Waals surface area (Å²) in [6.07, 6.45) is 7.50. The molecular weight excluding hydrogens is 238 g/mol. The molecule has 0 spiro atoms. The first kappa shape index (κ1) is 14.1. The average Bonchev–Trinajstić information content (AvgIpc) is 3.13. The largest absolute Gasteiger partial charge is 0.345 e. The minimum atomic E-state index is 0.240. The fourth-order valence-electron chi connectivity index (χ4n) is 2.64. The molecule has 0 saturated heterocycles. The highest BCUT2D eigenvalue weighted by molar-refractivity contribution is 5.76. The van der Waals surface area contributed by atoms with Crippen LogP contribution in [0.5, 0.6) is 0 Å². The Morgan fingerprint density at radius 1 is 1.53 bits per heavy atom. The van der Waals surface area contributed by atoms with E-state index in [4.69, 9.17) is 0 Å². The number of carbonyl (C=O) groups is 1. The van der Waals surface area contributed by atoms with Crippen molar-refractivity contribution in [3.63, 3.8) is 0 Å². The highest BCUT2D eigenvalue weighted by Gasteiger charge is 2.31. The summed E-state index contributed by atoms with van der Waals surface area (Å²) < 4.78 is 2.00. The Balaban J connectivity index is 1.97. The molecule has 1 heterocycles. The van der Waals surface area contributed by atoms with Gasteiger partial charge in [-0.25, -0.2) is 0 Å². The third-order valence-electron chi connectivity index (χ3n) is 3.90. The number of rotatable bonds is 7. The summed E-state index contributed by atoms with van der Waals surface area (Å²) in [6.45, 7) is 5.51. The topological polar surface area (TPSA) is 37.3 Å². The SMILES string of the molecule is CCC(NC)c1ccn(CC(=O)N(CC)C2CC2)c1. The number of hydrogen-bond acceptors (Lipinski definition) is 2. The van der Waals surface area contributed by atoms with E-state index in [9.17, 15) is 4.79 Å². The fourth-order valence-corrected chi connectivity index (χ4v) is 2.64. The molecule has 1 saturated carbocycles. The maximum atomic E-state index is 12.2. The van der Waals surface area contributed by atoms with Crippen molar-refractivity contribution in [1.29, 1.82) is 0 Å². The van der Waals surface area contributed by atoms with Crippen LogP contribution in [0.25, 0.3) is 0 Å². The van der Waals surface area contributed by atoms with Crippen molar-refractivity contribution in [1.82, 2.24) is 14.8 Å². The van der Waals surface area contributed by atoms with Gasteiger partial charge in [-0.15, -0.1) is 0 Å². The molecule has 4 heteroatoms. The summed E-state index contributed by atoms with van der Waals surface area (Å²) >= 11 is 0. The standard InChI is InChI=1S/C15H25N3O/c1-4-14(16-3)12-8-9-17(10-12)11-15(19)18(5-2)13-6-7-13/h8-10,13-14,16H,4-7,11H2,1-3H3. The Hall–Kier alpha value is -1.29. The lowest BCUT2D eigenvalue weighted by Crippen LogP contribution is -2.35. The first-order valence-corrected chi connectivity index (χ1v) is 7.32. The van der Waals surface area contributed by atoms with Crippen LogP contribution >= 0.6 is 0 Å². The van der Waals surface area contributed by atoms with Crippen molar-refractivity contribution in [2.24, 2.45) is 0 Å². The third-order valence-corrected chi connectivity index (χ3v) is 3.90. The van der Waals surface area contributed by atoms with Crippen molar-refractivity contribution in [2.75, 3.05) is 13.6 Å². The minimum absolute atomic E-state index is 0.240. The predicted molar refractivity (Wildman–Crippen MR) is 76.9 cm³/mol. The van der Waals surface area contributed by atoms with Gasteiger partial charge in [-0.05, 0) is 44.9 Å². The zero-order chi connectivity index (χ0) is 13.8. The molecule has 1 aromatic heterocycles. The monoisotopic (exact) mass is 263 g/mol. The van der Waals surface area contributed by atoms with Gasteiger partial charge >= 0.3 is 0 Å². The lowest BCUT2D eigenvalue weighted by Gasteiger charge is -2.20. The number of hydrogen-bond donors (Lipinski definition) is 1. The summed E-state index contributed by atoms with van der Waals surface area (Å²) in [5.74, 6) is 0.240. The van der Waals surface area contributed by atoms with E-state index >= 15 is 0 Å². The number of nitrogens with zero attached hydrogens (tertiary/aromatic N) is 2. The fraction of sp³-hybridized carbons (Fsp3) is 0.667. The van der Waals surface area contributed by atoms with E-state index < -0.39 is 0 Å². The molecule has 1 atom stereocenters. The van der Waals surface area contributed by atoms with Crippen LogP contribution in [0.2, 0.25) is 0 Å². The van der Waals surface area contributed by atoms with E-state index in [-0.39, 0.29) is 5.91 Å². The Morgan fingerprint density at radius 2 is 2.26 bits per heavy atom. The van der Waals surface area contributed by atoms with Gasteiger partial charge in [0.25, 0.3) is 0 Å². The molecule has 1 amide bonds. The molecule has 1 unspecified atom stereocenters. The molecule has 4 nitrogen and oxygen atoms in total.